The summed E-state index contributed by atoms with van der Waals surface area (Å²) in [6.45, 7) is 6.54. The Kier molecular flexibility index (Phi) is 8.47. The average molecular weight is 459 g/mol. The van der Waals surface area contributed by atoms with Crippen LogP contribution in [0, 0.1) is 0 Å². The van der Waals surface area contributed by atoms with Gasteiger partial charge in [-0.05, 0) is 62.1 Å². The smallest absolute Gasteiger partial charge is 0.0521 e. The first-order chi connectivity index (χ1) is 16.6. The Bertz CT molecular complexity index is 927. The lowest BCUT2D eigenvalue weighted by atomic mass is 9.98. The molecule has 0 amide bonds. The van der Waals surface area contributed by atoms with E-state index in [0.717, 1.165) is 13.1 Å². The van der Waals surface area contributed by atoms with Gasteiger partial charge >= 0.3 is 0 Å². The van der Waals surface area contributed by atoms with Crippen molar-refractivity contribution in [1.82, 2.24) is 0 Å². The van der Waals surface area contributed by atoms with Gasteiger partial charge in [0.15, 0.2) is 0 Å². The van der Waals surface area contributed by atoms with Crippen molar-refractivity contribution in [3.63, 3.8) is 0 Å². The van der Waals surface area contributed by atoms with E-state index in [4.69, 9.17) is 11.5 Å². The molecule has 2 aromatic carbocycles. The van der Waals surface area contributed by atoms with Gasteiger partial charge in [0.2, 0.25) is 0 Å². The van der Waals surface area contributed by atoms with E-state index in [2.05, 4.69) is 84.3 Å². The lowest BCUT2D eigenvalue weighted by molar-refractivity contribution is 0.566. The summed E-state index contributed by atoms with van der Waals surface area (Å²) in [5.74, 6) is 0. The van der Waals surface area contributed by atoms with Crippen molar-refractivity contribution < 1.29 is 0 Å². The number of nitrogens with two attached hydrogens (primary N) is 2. The summed E-state index contributed by atoms with van der Waals surface area (Å²) in [5, 5.41) is 0. The molecule has 0 aliphatic carbocycles. The highest BCUT2D eigenvalue weighted by Gasteiger charge is 2.22. The van der Waals surface area contributed by atoms with Crippen LogP contribution in [-0.2, 0) is 0 Å². The highest BCUT2D eigenvalue weighted by molar-refractivity contribution is 5.63. The molecule has 34 heavy (non-hydrogen) atoms. The first kappa shape index (κ1) is 24.6. The van der Waals surface area contributed by atoms with Gasteiger partial charge in [-0.1, -0.05) is 74.9 Å². The normalized spacial score (nSPS) is 19.4. The second-order valence-corrected chi connectivity index (χ2v) is 9.92. The molecule has 4 heteroatoms. The van der Waals surface area contributed by atoms with Crippen LogP contribution in [0.4, 0.5) is 11.4 Å². The second-order valence-electron chi connectivity index (χ2n) is 9.92. The zero-order valence-electron chi connectivity index (χ0n) is 21.0. The number of para-hydroxylation sites is 2. The lowest BCUT2D eigenvalue weighted by Crippen LogP contribution is -2.29. The van der Waals surface area contributed by atoms with Crippen LogP contribution in [0.15, 0.2) is 72.1 Å². The molecule has 2 aromatic rings. The first-order valence-corrected chi connectivity index (χ1v) is 13.2. The summed E-state index contributed by atoms with van der Waals surface area (Å²) in [6, 6.07) is 17.2. The molecule has 4 rings (SSSR count). The van der Waals surface area contributed by atoms with Gasteiger partial charge in [-0.15, -0.1) is 0 Å². The standard InChI is InChI=1S/C30H42N4/c1-23-21-27(31)25-15-9-11-17-29(25)33(23)19-13-7-5-3-4-6-8-14-20-34-24(2)22-28(32)26-16-10-12-18-30(26)34/h9-12,15-18,21-22,27-28H,3-8,13-14,19-20,31-32H2,1-2H3. The van der Waals surface area contributed by atoms with Gasteiger partial charge in [0.05, 0.1) is 12.1 Å². The van der Waals surface area contributed by atoms with Gasteiger partial charge in [0, 0.05) is 35.9 Å². The van der Waals surface area contributed by atoms with Gasteiger partial charge in [-0.3, -0.25) is 0 Å². The van der Waals surface area contributed by atoms with Crippen molar-refractivity contribution in [1.29, 1.82) is 0 Å². The molecular formula is C30H42N4. The number of nitrogens with zero attached hydrogens (tertiary/aromatic N) is 2. The molecule has 0 aromatic heterocycles. The highest BCUT2D eigenvalue weighted by Crippen LogP contribution is 2.35. The molecule has 0 radical (unpaired) electrons. The fourth-order valence-corrected chi connectivity index (χ4v) is 5.48. The predicted molar refractivity (Wildman–Crippen MR) is 146 cm³/mol. The number of anilines is 2. The maximum Gasteiger partial charge on any atom is 0.0521 e. The number of allylic oxidation sites excluding steroid dienone is 2. The van der Waals surface area contributed by atoms with E-state index in [-0.39, 0.29) is 12.1 Å². The minimum atomic E-state index is 0.0228. The maximum atomic E-state index is 6.31. The monoisotopic (exact) mass is 458 g/mol. The maximum absolute atomic E-state index is 6.31. The van der Waals surface area contributed by atoms with E-state index in [1.54, 1.807) is 0 Å². The van der Waals surface area contributed by atoms with E-state index in [0.29, 0.717) is 0 Å². The molecule has 4 nitrogen and oxygen atoms in total. The van der Waals surface area contributed by atoms with Crippen molar-refractivity contribution >= 4 is 11.4 Å². The van der Waals surface area contributed by atoms with Gasteiger partial charge in [-0.2, -0.15) is 0 Å². The number of hydrogen-bond donors (Lipinski definition) is 2. The lowest BCUT2D eigenvalue weighted by Gasteiger charge is -2.33. The summed E-state index contributed by atoms with van der Waals surface area (Å²) >= 11 is 0. The Morgan fingerprint density at radius 1 is 0.559 bits per heavy atom. The molecule has 182 valence electrons. The summed E-state index contributed by atoms with van der Waals surface area (Å²) in [5.41, 5.74) is 20.3. The van der Waals surface area contributed by atoms with Crippen molar-refractivity contribution in [2.75, 3.05) is 22.9 Å². The minimum Gasteiger partial charge on any atom is -0.345 e. The number of fused-ring (bicyclic) bond motifs is 2. The third kappa shape index (κ3) is 5.73. The van der Waals surface area contributed by atoms with Gasteiger partial charge in [0.1, 0.15) is 0 Å². The summed E-state index contributed by atoms with van der Waals surface area (Å²) in [4.78, 5) is 4.89. The fraction of sp³-hybridized carbons (Fsp3) is 0.467. The SMILES string of the molecule is CC1=CC(N)c2ccccc2N1CCCCCCCCCCN1C(C)=CC(N)c2ccccc21. The molecule has 4 N–H and O–H groups in total. The van der Waals surface area contributed by atoms with Crippen LogP contribution in [0.5, 0.6) is 0 Å². The van der Waals surface area contributed by atoms with Crippen LogP contribution in [0.2, 0.25) is 0 Å². The average Bonchev–Trinajstić information content (AvgIpc) is 2.83. The molecule has 0 bridgehead atoms. The zero-order chi connectivity index (χ0) is 23.9. The van der Waals surface area contributed by atoms with Crippen molar-refractivity contribution in [2.24, 2.45) is 11.5 Å². The van der Waals surface area contributed by atoms with Gasteiger partial charge < -0.3 is 21.3 Å². The fourth-order valence-electron chi connectivity index (χ4n) is 5.48. The van der Waals surface area contributed by atoms with Gasteiger partial charge in [-0.25, -0.2) is 0 Å². The van der Waals surface area contributed by atoms with Crippen LogP contribution in [-0.4, -0.2) is 13.1 Å². The van der Waals surface area contributed by atoms with E-state index < -0.39 is 0 Å². The van der Waals surface area contributed by atoms with E-state index in [1.807, 2.05) is 0 Å². The first-order valence-electron chi connectivity index (χ1n) is 13.2. The highest BCUT2D eigenvalue weighted by atomic mass is 15.2. The molecule has 2 aliphatic rings. The van der Waals surface area contributed by atoms with Crippen LogP contribution in [0.3, 0.4) is 0 Å². The molecular weight excluding hydrogens is 416 g/mol. The second kappa shape index (κ2) is 11.7. The summed E-state index contributed by atoms with van der Waals surface area (Å²) < 4.78 is 0. The summed E-state index contributed by atoms with van der Waals surface area (Å²) in [7, 11) is 0. The number of hydrogen-bond acceptors (Lipinski definition) is 4. The van der Waals surface area contributed by atoms with Crippen molar-refractivity contribution in [3.05, 3.63) is 83.2 Å². The van der Waals surface area contributed by atoms with Crippen LogP contribution in [0.25, 0.3) is 0 Å². The Labute approximate surface area is 206 Å². The molecule has 0 fully saturated rings. The molecule has 2 aliphatic heterocycles. The van der Waals surface area contributed by atoms with E-state index in [1.165, 1.54) is 85.3 Å². The third-order valence-electron chi connectivity index (χ3n) is 7.38. The number of rotatable bonds is 11. The largest absolute Gasteiger partial charge is 0.345 e. The minimum absolute atomic E-state index is 0.0228. The molecule has 0 spiro atoms. The number of benzene rings is 2. The van der Waals surface area contributed by atoms with Crippen LogP contribution in [0.1, 0.15) is 88.4 Å². The van der Waals surface area contributed by atoms with Crippen LogP contribution >= 0.6 is 0 Å². The Morgan fingerprint density at radius 2 is 0.912 bits per heavy atom. The van der Waals surface area contributed by atoms with Crippen molar-refractivity contribution in [3.8, 4) is 0 Å². The Balaban J connectivity index is 1.10. The quantitative estimate of drug-likeness (QED) is 0.358. The molecule has 0 saturated carbocycles. The zero-order valence-corrected chi connectivity index (χ0v) is 21.0. The Hall–Kier alpha value is -2.56. The third-order valence-corrected chi connectivity index (χ3v) is 7.38. The summed E-state index contributed by atoms with van der Waals surface area (Å²) in [6.07, 6.45) is 14.8. The molecule has 2 heterocycles. The molecule has 2 unspecified atom stereocenters. The number of unbranched alkanes of at least 4 members (excludes halogenated alkanes) is 7. The van der Waals surface area contributed by atoms with Gasteiger partial charge in [0.25, 0.3) is 0 Å². The van der Waals surface area contributed by atoms with E-state index >= 15 is 0 Å². The van der Waals surface area contributed by atoms with Crippen LogP contribution < -0.4 is 21.3 Å². The van der Waals surface area contributed by atoms with Crippen molar-refractivity contribution in [2.45, 2.75) is 77.3 Å². The molecule has 0 saturated heterocycles. The topological polar surface area (TPSA) is 58.5 Å². The Morgan fingerprint density at radius 3 is 1.32 bits per heavy atom. The predicted octanol–water partition coefficient (Wildman–Crippen LogP) is 6.95. The molecule has 2 atom stereocenters. The van der Waals surface area contributed by atoms with E-state index in [9.17, 15) is 0 Å².